The van der Waals surface area contributed by atoms with Crippen LogP contribution < -0.4 is 0 Å². The maximum Gasteiger partial charge on any atom is 0.369 e. The van der Waals surface area contributed by atoms with Crippen LogP contribution in [0.3, 0.4) is 0 Å². The summed E-state index contributed by atoms with van der Waals surface area (Å²) in [6.07, 6.45) is -3.78. The van der Waals surface area contributed by atoms with E-state index in [0.29, 0.717) is 0 Å². The fourth-order valence-electron chi connectivity index (χ4n) is 1.12. The standard InChI is InChI=1S/C8H5ClF2N2O4/c9-4-2-5(7(10)11)12-8(13(16)17)3(4)1-6(14)15/h2,7H,1H2,(H,14,15). The Kier molecular flexibility index (Phi) is 3.89. The van der Waals surface area contributed by atoms with Crippen molar-refractivity contribution in [2.75, 3.05) is 0 Å². The zero-order valence-corrected chi connectivity index (χ0v) is 8.82. The van der Waals surface area contributed by atoms with Gasteiger partial charge in [-0.05, 0) is 9.91 Å². The molecule has 0 atom stereocenters. The highest BCUT2D eigenvalue weighted by molar-refractivity contribution is 6.31. The molecule has 17 heavy (non-hydrogen) atoms. The largest absolute Gasteiger partial charge is 0.481 e. The van der Waals surface area contributed by atoms with Gasteiger partial charge in [0.1, 0.15) is 0 Å². The van der Waals surface area contributed by atoms with Crippen molar-refractivity contribution in [1.82, 2.24) is 4.98 Å². The number of aliphatic carboxylic acids is 1. The quantitative estimate of drug-likeness (QED) is 0.666. The second-order valence-corrected chi connectivity index (χ2v) is 3.37. The maximum atomic E-state index is 12.3. The Balaban J connectivity index is 3.38. The predicted molar refractivity (Wildman–Crippen MR) is 52.2 cm³/mol. The summed E-state index contributed by atoms with van der Waals surface area (Å²) in [7, 11) is 0. The van der Waals surface area contributed by atoms with E-state index in [1.54, 1.807) is 0 Å². The minimum absolute atomic E-state index is 0.395. The van der Waals surface area contributed by atoms with Gasteiger partial charge >= 0.3 is 18.2 Å². The molecule has 0 fully saturated rings. The van der Waals surface area contributed by atoms with Gasteiger partial charge in [0.15, 0.2) is 0 Å². The Hall–Kier alpha value is -1.83. The lowest BCUT2D eigenvalue weighted by Crippen LogP contribution is -2.08. The molecular weight excluding hydrogens is 262 g/mol. The molecule has 0 spiro atoms. The third kappa shape index (κ3) is 3.06. The van der Waals surface area contributed by atoms with Gasteiger partial charge in [0, 0.05) is 6.07 Å². The number of carbonyl (C=O) groups is 1. The fourth-order valence-corrected chi connectivity index (χ4v) is 1.39. The van der Waals surface area contributed by atoms with E-state index in [1.165, 1.54) is 0 Å². The topological polar surface area (TPSA) is 93.3 Å². The zero-order chi connectivity index (χ0) is 13.2. The first-order valence-electron chi connectivity index (χ1n) is 4.16. The molecule has 0 aromatic carbocycles. The molecule has 9 heteroatoms. The summed E-state index contributed by atoms with van der Waals surface area (Å²) >= 11 is 5.53. The maximum absolute atomic E-state index is 12.3. The first kappa shape index (κ1) is 13.2. The molecule has 1 N–H and O–H groups in total. The summed E-state index contributed by atoms with van der Waals surface area (Å²) in [5.74, 6) is -2.34. The first-order valence-corrected chi connectivity index (χ1v) is 4.54. The van der Waals surface area contributed by atoms with Crippen LogP contribution in [-0.4, -0.2) is 21.0 Å². The molecule has 0 amide bonds. The summed E-state index contributed by atoms with van der Waals surface area (Å²) in [6.45, 7) is 0. The van der Waals surface area contributed by atoms with E-state index in [2.05, 4.69) is 4.98 Å². The molecule has 0 aliphatic carbocycles. The molecule has 1 aromatic rings. The van der Waals surface area contributed by atoms with Gasteiger partial charge in [0.25, 0.3) is 0 Å². The van der Waals surface area contributed by atoms with E-state index in [1.807, 2.05) is 0 Å². The SMILES string of the molecule is O=C(O)Cc1c(Cl)cc(C(F)F)nc1[N+](=O)[O-]. The lowest BCUT2D eigenvalue weighted by Gasteiger charge is -2.04. The smallest absolute Gasteiger partial charge is 0.369 e. The summed E-state index contributed by atoms with van der Waals surface area (Å²) in [4.78, 5) is 23.1. The summed E-state index contributed by atoms with van der Waals surface area (Å²) in [5, 5.41) is 18.7. The van der Waals surface area contributed by atoms with Gasteiger partial charge in [0.2, 0.25) is 5.69 Å². The summed E-state index contributed by atoms with van der Waals surface area (Å²) in [5.41, 5.74) is -1.26. The number of alkyl halides is 2. The number of hydrogen-bond donors (Lipinski definition) is 1. The minimum atomic E-state index is -3.02. The number of nitrogens with zero attached hydrogens (tertiary/aromatic N) is 2. The van der Waals surface area contributed by atoms with Crippen LogP contribution in [0.25, 0.3) is 0 Å². The Morgan fingerprint density at radius 2 is 2.24 bits per heavy atom. The number of carboxylic acid groups (broad SMARTS) is 1. The number of carboxylic acids is 1. The van der Waals surface area contributed by atoms with Gasteiger partial charge in [-0.1, -0.05) is 11.6 Å². The second-order valence-electron chi connectivity index (χ2n) is 2.96. The average Bonchev–Trinajstić information content (AvgIpc) is 2.19. The van der Waals surface area contributed by atoms with Crippen LogP contribution in [0.5, 0.6) is 0 Å². The van der Waals surface area contributed by atoms with Crippen LogP contribution in [0, 0.1) is 10.1 Å². The second kappa shape index (κ2) is 5.00. The summed E-state index contributed by atoms with van der Waals surface area (Å²) in [6, 6.07) is 0.720. The Morgan fingerprint density at radius 3 is 2.65 bits per heavy atom. The van der Waals surface area contributed by atoms with Crippen LogP contribution in [0.2, 0.25) is 5.02 Å². The normalized spacial score (nSPS) is 10.6. The van der Waals surface area contributed by atoms with E-state index < -0.39 is 45.8 Å². The van der Waals surface area contributed by atoms with Crippen molar-refractivity contribution in [1.29, 1.82) is 0 Å². The van der Waals surface area contributed by atoms with Crippen LogP contribution >= 0.6 is 11.6 Å². The third-order valence-electron chi connectivity index (χ3n) is 1.79. The van der Waals surface area contributed by atoms with Gasteiger partial charge in [-0.15, -0.1) is 0 Å². The highest BCUT2D eigenvalue weighted by Crippen LogP contribution is 2.29. The molecule has 92 valence electrons. The monoisotopic (exact) mass is 266 g/mol. The summed E-state index contributed by atoms with van der Waals surface area (Å²) < 4.78 is 24.6. The number of halogens is 3. The zero-order valence-electron chi connectivity index (χ0n) is 8.06. The molecule has 6 nitrogen and oxygen atoms in total. The fraction of sp³-hybridized carbons (Fsp3) is 0.250. The third-order valence-corrected chi connectivity index (χ3v) is 2.13. The molecule has 1 heterocycles. The van der Waals surface area contributed by atoms with Gasteiger partial charge < -0.3 is 15.2 Å². The van der Waals surface area contributed by atoms with Crippen molar-refractivity contribution in [3.05, 3.63) is 32.5 Å². The van der Waals surface area contributed by atoms with Crippen molar-refractivity contribution >= 4 is 23.4 Å². The van der Waals surface area contributed by atoms with Crippen molar-refractivity contribution < 1.29 is 23.6 Å². The molecule has 0 unspecified atom stereocenters. The number of pyridine rings is 1. The lowest BCUT2D eigenvalue weighted by atomic mass is 10.1. The molecule has 0 saturated heterocycles. The van der Waals surface area contributed by atoms with Crippen molar-refractivity contribution in [2.24, 2.45) is 0 Å². The van der Waals surface area contributed by atoms with Gasteiger partial charge in [0.05, 0.1) is 17.0 Å². The molecule has 0 radical (unpaired) electrons. The van der Waals surface area contributed by atoms with Crippen LogP contribution in [0.4, 0.5) is 14.6 Å². The minimum Gasteiger partial charge on any atom is -0.481 e. The van der Waals surface area contributed by atoms with E-state index in [9.17, 15) is 23.7 Å². The van der Waals surface area contributed by atoms with Gasteiger partial charge in [-0.25, -0.2) is 8.78 Å². The van der Waals surface area contributed by atoms with Gasteiger partial charge in [-0.2, -0.15) is 0 Å². The van der Waals surface area contributed by atoms with Gasteiger partial charge in [-0.3, -0.25) is 4.79 Å². The highest BCUT2D eigenvalue weighted by atomic mass is 35.5. The first-order chi connectivity index (χ1) is 7.82. The predicted octanol–water partition coefficient (Wildman–Crippen LogP) is 2.21. The Bertz CT molecular complexity index is 481. The number of hydrogen-bond acceptors (Lipinski definition) is 4. The number of nitro groups is 1. The van der Waals surface area contributed by atoms with Crippen LogP contribution in [-0.2, 0) is 11.2 Å². The lowest BCUT2D eigenvalue weighted by molar-refractivity contribution is -0.390. The number of aromatic nitrogens is 1. The van der Waals surface area contributed by atoms with E-state index in [0.717, 1.165) is 6.07 Å². The molecule has 0 saturated carbocycles. The van der Waals surface area contributed by atoms with E-state index in [-0.39, 0.29) is 0 Å². The molecule has 0 bridgehead atoms. The van der Waals surface area contributed by atoms with Crippen molar-refractivity contribution in [3.63, 3.8) is 0 Å². The molecule has 0 aliphatic heterocycles. The molecule has 1 rings (SSSR count). The van der Waals surface area contributed by atoms with Crippen molar-refractivity contribution in [2.45, 2.75) is 12.8 Å². The van der Waals surface area contributed by atoms with Crippen LogP contribution in [0.15, 0.2) is 6.07 Å². The van der Waals surface area contributed by atoms with Crippen molar-refractivity contribution in [3.8, 4) is 0 Å². The highest BCUT2D eigenvalue weighted by Gasteiger charge is 2.27. The van der Waals surface area contributed by atoms with Crippen LogP contribution in [0.1, 0.15) is 17.7 Å². The van der Waals surface area contributed by atoms with E-state index >= 15 is 0 Å². The molecular formula is C8H5ClF2N2O4. The molecule has 1 aromatic heterocycles. The number of rotatable bonds is 4. The van der Waals surface area contributed by atoms with E-state index in [4.69, 9.17) is 16.7 Å². The Morgan fingerprint density at radius 1 is 1.65 bits per heavy atom. The Labute approximate surface area is 98.0 Å². The average molecular weight is 267 g/mol. The molecule has 0 aliphatic rings.